The van der Waals surface area contributed by atoms with Gasteiger partial charge in [0.1, 0.15) is 0 Å². The largest absolute Gasteiger partial charge is 0.377 e. The van der Waals surface area contributed by atoms with Gasteiger partial charge in [0, 0.05) is 20.8 Å². The third-order valence-corrected chi connectivity index (χ3v) is 4.54. The summed E-state index contributed by atoms with van der Waals surface area (Å²) in [5.74, 6) is 0. The quantitative estimate of drug-likeness (QED) is 0.716. The van der Waals surface area contributed by atoms with Crippen molar-refractivity contribution in [3.63, 3.8) is 0 Å². The predicted octanol–water partition coefficient (Wildman–Crippen LogP) is 5.66. The summed E-state index contributed by atoms with van der Waals surface area (Å²) < 4.78 is 0. The van der Waals surface area contributed by atoms with Crippen LogP contribution >= 0.6 is 34.8 Å². The average Bonchev–Trinajstić information content (AvgIpc) is 2.78. The summed E-state index contributed by atoms with van der Waals surface area (Å²) in [4.78, 5) is 0. The monoisotopic (exact) mass is 311 g/mol. The first kappa shape index (κ1) is 13.1. The molecule has 19 heavy (non-hydrogen) atoms. The Hall–Kier alpha value is -0.890. The Balaban J connectivity index is 1.97. The molecule has 1 aliphatic heterocycles. The first-order chi connectivity index (χ1) is 9.06. The summed E-state index contributed by atoms with van der Waals surface area (Å²) in [7, 11) is 0. The molecular weight excluding hydrogens is 301 g/mol. The van der Waals surface area contributed by atoms with Gasteiger partial charge in [0.15, 0.2) is 0 Å². The molecule has 1 N–H and O–H groups in total. The SMILES string of the molecule is Cc1c(Cl)ccc2c1NC(c1ccc(Cl)cc1Cl)C2. The fourth-order valence-corrected chi connectivity index (χ4v) is 3.23. The molecule has 0 aliphatic carbocycles. The minimum absolute atomic E-state index is 0.178. The van der Waals surface area contributed by atoms with Gasteiger partial charge >= 0.3 is 0 Å². The Morgan fingerprint density at radius 1 is 1.05 bits per heavy atom. The summed E-state index contributed by atoms with van der Waals surface area (Å²) in [6.07, 6.45) is 0.911. The van der Waals surface area contributed by atoms with Gasteiger partial charge < -0.3 is 5.32 Å². The van der Waals surface area contributed by atoms with Gasteiger partial charge in [-0.1, -0.05) is 46.9 Å². The van der Waals surface area contributed by atoms with E-state index in [1.165, 1.54) is 5.56 Å². The zero-order valence-corrected chi connectivity index (χ0v) is 12.6. The molecule has 0 saturated heterocycles. The van der Waals surface area contributed by atoms with E-state index in [4.69, 9.17) is 34.8 Å². The summed E-state index contributed by atoms with van der Waals surface area (Å²) in [5, 5.41) is 5.65. The van der Waals surface area contributed by atoms with Gasteiger partial charge in [-0.05, 0) is 48.2 Å². The Kier molecular flexibility index (Phi) is 3.38. The molecule has 1 unspecified atom stereocenters. The first-order valence-electron chi connectivity index (χ1n) is 6.05. The maximum absolute atomic E-state index is 6.27. The molecule has 0 bridgehead atoms. The molecule has 98 valence electrons. The first-order valence-corrected chi connectivity index (χ1v) is 7.19. The van der Waals surface area contributed by atoms with Gasteiger partial charge in [-0.25, -0.2) is 0 Å². The van der Waals surface area contributed by atoms with Crippen LogP contribution in [0, 0.1) is 6.92 Å². The minimum atomic E-state index is 0.178. The molecular formula is C15H12Cl3N. The van der Waals surface area contributed by atoms with Gasteiger partial charge in [0.05, 0.1) is 6.04 Å². The molecule has 1 aliphatic rings. The van der Waals surface area contributed by atoms with Gasteiger partial charge in [0.2, 0.25) is 0 Å². The highest BCUT2D eigenvalue weighted by molar-refractivity contribution is 6.35. The zero-order chi connectivity index (χ0) is 13.6. The van der Waals surface area contributed by atoms with Crippen molar-refractivity contribution in [2.45, 2.75) is 19.4 Å². The van der Waals surface area contributed by atoms with E-state index in [2.05, 4.69) is 11.4 Å². The molecule has 1 nitrogen and oxygen atoms in total. The van der Waals surface area contributed by atoms with Crippen LogP contribution in [0.2, 0.25) is 15.1 Å². The highest BCUT2D eigenvalue weighted by Crippen LogP contribution is 2.40. The van der Waals surface area contributed by atoms with E-state index < -0.39 is 0 Å². The molecule has 0 spiro atoms. The maximum atomic E-state index is 6.27. The third kappa shape index (κ3) is 2.31. The molecule has 2 aromatic carbocycles. The fourth-order valence-electron chi connectivity index (χ4n) is 2.53. The van der Waals surface area contributed by atoms with Gasteiger partial charge in [0.25, 0.3) is 0 Å². The number of benzene rings is 2. The van der Waals surface area contributed by atoms with E-state index in [1.807, 2.05) is 25.1 Å². The second-order valence-electron chi connectivity index (χ2n) is 4.77. The maximum Gasteiger partial charge on any atom is 0.0569 e. The van der Waals surface area contributed by atoms with Crippen LogP contribution in [0.25, 0.3) is 0 Å². The number of halogens is 3. The highest BCUT2D eigenvalue weighted by Gasteiger charge is 2.25. The smallest absolute Gasteiger partial charge is 0.0569 e. The Labute approximate surface area is 127 Å². The number of hydrogen-bond donors (Lipinski definition) is 1. The number of nitrogens with one attached hydrogen (secondary N) is 1. The lowest BCUT2D eigenvalue weighted by atomic mass is 10.0. The van der Waals surface area contributed by atoms with Crippen molar-refractivity contribution < 1.29 is 0 Å². The molecule has 0 fully saturated rings. The molecule has 4 heteroatoms. The van der Waals surface area contributed by atoms with Crippen molar-refractivity contribution in [2.24, 2.45) is 0 Å². The zero-order valence-electron chi connectivity index (χ0n) is 10.3. The second-order valence-corrected chi connectivity index (χ2v) is 6.02. The lowest BCUT2D eigenvalue weighted by Crippen LogP contribution is -2.06. The van der Waals surface area contributed by atoms with E-state index in [-0.39, 0.29) is 6.04 Å². The Bertz CT molecular complexity index is 652. The number of fused-ring (bicyclic) bond motifs is 1. The van der Waals surface area contributed by atoms with Crippen molar-refractivity contribution in [3.05, 3.63) is 62.1 Å². The standard InChI is InChI=1S/C15H12Cl3N/c1-8-12(17)5-2-9-6-14(19-15(8)9)11-4-3-10(16)7-13(11)18/h2-5,7,14,19H,6H2,1H3. The minimum Gasteiger partial charge on any atom is -0.377 e. The molecule has 1 atom stereocenters. The lowest BCUT2D eigenvalue weighted by Gasteiger charge is -2.14. The summed E-state index contributed by atoms with van der Waals surface area (Å²) >= 11 is 18.4. The van der Waals surface area contributed by atoms with E-state index in [0.29, 0.717) is 10.0 Å². The Morgan fingerprint density at radius 3 is 2.58 bits per heavy atom. The fraction of sp³-hybridized carbons (Fsp3) is 0.200. The molecule has 1 heterocycles. The van der Waals surface area contributed by atoms with Crippen LogP contribution in [0.4, 0.5) is 5.69 Å². The lowest BCUT2D eigenvalue weighted by molar-refractivity contribution is 0.824. The van der Waals surface area contributed by atoms with Crippen molar-refractivity contribution in [3.8, 4) is 0 Å². The third-order valence-electron chi connectivity index (χ3n) is 3.57. The van der Waals surface area contributed by atoms with Crippen molar-refractivity contribution in [1.82, 2.24) is 0 Å². The van der Waals surface area contributed by atoms with Crippen LogP contribution in [0.1, 0.15) is 22.7 Å². The van der Waals surface area contributed by atoms with Gasteiger partial charge in [-0.3, -0.25) is 0 Å². The number of rotatable bonds is 1. The number of hydrogen-bond acceptors (Lipinski definition) is 1. The molecule has 0 aromatic heterocycles. The van der Waals surface area contributed by atoms with Crippen LogP contribution in [0.3, 0.4) is 0 Å². The predicted molar refractivity (Wildman–Crippen MR) is 82.7 cm³/mol. The molecule has 0 saturated carbocycles. The van der Waals surface area contributed by atoms with Crippen molar-refractivity contribution in [2.75, 3.05) is 5.32 Å². The number of anilines is 1. The topological polar surface area (TPSA) is 12.0 Å². The summed E-state index contributed by atoms with van der Waals surface area (Å²) in [5.41, 5.74) is 4.56. The van der Waals surface area contributed by atoms with Crippen molar-refractivity contribution in [1.29, 1.82) is 0 Å². The Morgan fingerprint density at radius 2 is 1.84 bits per heavy atom. The van der Waals surface area contributed by atoms with E-state index in [1.54, 1.807) is 6.07 Å². The highest BCUT2D eigenvalue weighted by atomic mass is 35.5. The molecule has 2 aromatic rings. The average molecular weight is 313 g/mol. The van der Waals surface area contributed by atoms with E-state index in [9.17, 15) is 0 Å². The summed E-state index contributed by atoms with van der Waals surface area (Å²) in [6.45, 7) is 2.03. The van der Waals surface area contributed by atoms with Gasteiger partial charge in [-0.15, -0.1) is 0 Å². The molecule has 0 radical (unpaired) electrons. The van der Waals surface area contributed by atoms with Crippen LogP contribution in [-0.2, 0) is 6.42 Å². The normalized spacial score (nSPS) is 17.2. The van der Waals surface area contributed by atoms with Crippen LogP contribution < -0.4 is 5.32 Å². The van der Waals surface area contributed by atoms with Crippen LogP contribution in [-0.4, -0.2) is 0 Å². The van der Waals surface area contributed by atoms with Gasteiger partial charge in [-0.2, -0.15) is 0 Å². The van der Waals surface area contributed by atoms with Crippen LogP contribution in [0.5, 0.6) is 0 Å². The molecule has 0 amide bonds. The molecule has 3 rings (SSSR count). The van der Waals surface area contributed by atoms with E-state index >= 15 is 0 Å². The second kappa shape index (κ2) is 4.90. The van der Waals surface area contributed by atoms with E-state index in [0.717, 1.165) is 28.3 Å². The summed E-state index contributed by atoms with van der Waals surface area (Å²) in [6, 6.07) is 9.82. The van der Waals surface area contributed by atoms with Crippen LogP contribution in [0.15, 0.2) is 30.3 Å². The van der Waals surface area contributed by atoms with Crippen molar-refractivity contribution >= 4 is 40.5 Å².